The molecule has 4 nitrogen and oxygen atoms in total. The topological polar surface area (TPSA) is 76.0 Å². The maximum Gasteiger partial charge on any atom is 0.265 e. The van der Waals surface area contributed by atoms with Crippen molar-refractivity contribution in [1.82, 2.24) is 4.98 Å². The summed E-state index contributed by atoms with van der Waals surface area (Å²) in [5, 5.41) is 0.891. The van der Waals surface area contributed by atoms with E-state index >= 15 is 0 Å². The van der Waals surface area contributed by atoms with Crippen LogP contribution < -0.4 is 5.73 Å². The van der Waals surface area contributed by atoms with E-state index in [9.17, 15) is 9.59 Å². The van der Waals surface area contributed by atoms with Crippen LogP contribution in [-0.4, -0.2) is 17.2 Å². The van der Waals surface area contributed by atoms with Gasteiger partial charge in [-0.2, -0.15) is 0 Å². The third kappa shape index (κ3) is 1.72. The van der Waals surface area contributed by atoms with Gasteiger partial charge in [0.1, 0.15) is 12.0 Å². The summed E-state index contributed by atoms with van der Waals surface area (Å²) in [5.74, 6) is -0.499. The highest BCUT2D eigenvalue weighted by molar-refractivity contribution is 5.99. The zero-order chi connectivity index (χ0) is 11.5. The van der Waals surface area contributed by atoms with E-state index < -0.39 is 5.91 Å². The maximum absolute atomic E-state index is 11.0. The molecular formula is C12H10N2O2. The molecule has 80 valence electrons. The van der Waals surface area contributed by atoms with Crippen LogP contribution >= 0.6 is 0 Å². The van der Waals surface area contributed by atoms with E-state index in [2.05, 4.69) is 4.98 Å². The molecule has 0 aliphatic carbocycles. The van der Waals surface area contributed by atoms with Crippen LogP contribution in [0.25, 0.3) is 17.0 Å². The molecule has 0 unspecified atom stereocenters. The molecule has 1 amide bonds. The second kappa shape index (κ2) is 4.02. The van der Waals surface area contributed by atoms with Crippen molar-refractivity contribution in [3.63, 3.8) is 0 Å². The van der Waals surface area contributed by atoms with E-state index in [4.69, 9.17) is 5.73 Å². The van der Waals surface area contributed by atoms with E-state index in [-0.39, 0.29) is 0 Å². The number of H-pyrrole nitrogens is 1. The quantitative estimate of drug-likeness (QED) is 0.599. The number of aromatic amines is 1. The predicted molar refractivity (Wildman–Crippen MR) is 61.9 cm³/mol. The fourth-order valence-corrected chi connectivity index (χ4v) is 1.59. The lowest BCUT2D eigenvalue weighted by Gasteiger charge is -1.95. The zero-order valence-electron chi connectivity index (χ0n) is 8.44. The first-order valence-electron chi connectivity index (χ1n) is 4.76. The number of fused-ring (bicyclic) bond motifs is 1. The van der Waals surface area contributed by atoms with Crippen molar-refractivity contribution in [1.29, 1.82) is 0 Å². The number of amides is 1. The Hall–Kier alpha value is -2.36. The summed E-state index contributed by atoms with van der Waals surface area (Å²) < 4.78 is 0. The molecule has 0 fully saturated rings. The molecule has 0 bridgehead atoms. The molecule has 2 rings (SSSR count). The number of nitrogens with two attached hydrogens (primary N) is 1. The number of nitrogens with one attached hydrogen (secondary N) is 1. The van der Waals surface area contributed by atoms with Crippen LogP contribution in [0.2, 0.25) is 0 Å². The minimum Gasteiger partial charge on any atom is -0.364 e. The number of carbonyl (C=O) groups is 2. The van der Waals surface area contributed by atoms with Crippen molar-refractivity contribution in [2.75, 3.05) is 0 Å². The second-order valence-corrected chi connectivity index (χ2v) is 3.35. The predicted octanol–water partition coefficient (Wildman–Crippen LogP) is 1.48. The number of allylic oxidation sites excluding steroid dienone is 1. The van der Waals surface area contributed by atoms with Crippen LogP contribution in [0.15, 0.2) is 30.3 Å². The molecule has 4 heteroatoms. The van der Waals surface area contributed by atoms with Gasteiger partial charge in [-0.05, 0) is 23.8 Å². The third-order valence-corrected chi connectivity index (χ3v) is 2.31. The van der Waals surface area contributed by atoms with Crippen LogP contribution in [0.4, 0.5) is 0 Å². The Morgan fingerprint density at radius 1 is 1.38 bits per heavy atom. The highest BCUT2D eigenvalue weighted by atomic mass is 16.1. The highest BCUT2D eigenvalue weighted by Gasteiger charge is 2.06. The Labute approximate surface area is 91.8 Å². The minimum atomic E-state index is -0.499. The maximum atomic E-state index is 11.0. The average Bonchev–Trinajstić information content (AvgIpc) is 2.70. The summed E-state index contributed by atoms with van der Waals surface area (Å²) in [7, 11) is 0. The van der Waals surface area contributed by atoms with Crippen LogP contribution in [0.5, 0.6) is 0 Å². The first-order valence-corrected chi connectivity index (χ1v) is 4.76. The average molecular weight is 214 g/mol. The number of aldehydes is 1. The fourth-order valence-electron chi connectivity index (χ4n) is 1.59. The fraction of sp³-hybridized carbons (Fsp3) is 0. The van der Waals surface area contributed by atoms with E-state index in [0.717, 1.165) is 16.5 Å². The summed E-state index contributed by atoms with van der Waals surface area (Å²) in [5.41, 5.74) is 7.19. The molecule has 1 heterocycles. The summed E-state index contributed by atoms with van der Waals surface area (Å²) >= 11 is 0. The summed E-state index contributed by atoms with van der Waals surface area (Å²) in [4.78, 5) is 24.2. The number of hydrogen-bond acceptors (Lipinski definition) is 2. The Kier molecular flexibility index (Phi) is 2.55. The summed E-state index contributed by atoms with van der Waals surface area (Å²) in [6.45, 7) is 0. The number of para-hydroxylation sites is 1. The molecule has 0 radical (unpaired) electrons. The largest absolute Gasteiger partial charge is 0.364 e. The van der Waals surface area contributed by atoms with Gasteiger partial charge >= 0.3 is 0 Å². The Morgan fingerprint density at radius 2 is 2.19 bits per heavy atom. The number of aromatic nitrogens is 1. The second-order valence-electron chi connectivity index (χ2n) is 3.35. The van der Waals surface area contributed by atoms with Crippen molar-refractivity contribution < 1.29 is 9.59 Å². The van der Waals surface area contributed by atoms with Crippen LogP contribution in [-0.2, 0) is 4.79 Å². The monoisotopic (exact) mass is 214 g/mol. The number of carbonyl (C=O) groups excluding carboxylic acids is 2. The summed E-state index contributed by atoms with van der Waals surface area (Å²) in [6.07, 6.45) is 3.78. The molecule has 0 saturated carbocycles. The van der Waals surface area contributed by atoms with Gasteiger partial charge in [0.25, 0.3) is 5.91 Å². The SMILES string of the molecule is NC(=O)c1cc2cccc(C=CC=O)c2[nH]1. The van der Waals surface area contributed by atoms with E-state index in [0.29, 0.717) is 12.0 Å². The first kappa shape index (κ1) is 10.2. The molecule has 1 aromatic carbocycles. The standard InChI is InChI=1S/C12H10N2O2/c13-12(16)10-7-9-4-1-3-8(5-2-6-15)11(9)14-10/h1-7,14H,(H2,13,16). The minimum absolute atomic E-state index is 0.363. The zero-order valence-corrected chi connectivity index (χ0v) is 8.44. The number of primary amides is 1. The highest BCUT2D eigenvalue weighted by Crippen LogP contribution is 2.20. The lowest BCUT2D eigenvalue weighted by atomic mass is 10.1. The van der Waals surface area contributed by atoms with Gasteiger partial charge in [0.2, 0.25) is 0 Å². The van der Waals surface area contributed by atoms with Gasteiger partial charge in [0.15, 0.2) is 0 Å². The van der Waals surface area contributed by atoms with Crippen molar-refractivity contribution in [3.8, 4) is 0 Å². The molecule has 1 aromatic heterocycles. The molecular weight excluding hydrogens is 204 g/mol. The van der Waals surface area contributed by atoms with Gasteiger partial charge in [0, 0.05) is 5.39 Å². The van der Waals surface area contributed by atoms with Crippen LogP contribution in [0.3, 0.4) is 0 Å². The van der Waals surface area contributed by atoms with Gasteiger partial charge < -0.3 is 10.7 Å². The van der Waals surface area contributed by atoms with Crippen molar-refractivity contribution in [2.45, 2.75) is 0 Å². The van der Waals surface area contributed by atoms with E-state index in [1.54, 1.807) is 12.1 Å². The van der Waals surface area contributed by atoms with Crippen molar-refractivity contribution in [2.24, 2.45) is 5.73 Å². The molecule has 0 spiro atoms. The Morgan fingerprint density at radius 3 is 2.88 bits per heavy atom. The molecule has 3 N–H and O–H groups in total. The van der Waals surface area contributed by atoms with Crippen molar-refractivity contribution in [3.05, 3.63) is 41.6 Å². The van der Waals surface area contributed by atoms with Gasteiger partial charge in [0.05, 0.1) is 5.52 Å². The molecule has 0 saturated heterocycles. The van der Waals surface area contributed by atoms with Crippen LogP contribution in [0, 0.1) is 0 Å². The van der Waals surface area contributed by atoms with E-state index in [1.165, 1.54) is 6.08 Å². The van der Waals surface area contributed by atoms with Gasteiger partial charge in [-0.15, -0.1) is 0 Å². The molecule has 16 heavy (non-hydrogen) atoms. The molecule has 0 aliphatic heterocycles. The lowest BCUT2D eigenvalue weighted by molar-refractivity contribution is -0.104. The molecule has 0 aliphatic rings. The lowest BCUT2D eigenvalue weighted by Crippen LogP contribution is -2.10. The number of hydrogen-bond donors (Lipinski definition) is 2. The van der Waals surface area contributed by atoms with Crippen LogP contribution in [0.1, 0.15) is 16.1 Å². The first-order chi connectivity index (χ1) is 7.72. The van der Waals surface area contributed by atoms with Gasteiger partial charge in [-0.25, -0.2) is 0 Å². The molecule has 0 atom stereocenters. The number of benzene rings is 1. The van der Waals surface area contributed by atoms with Gasteiger partial charge in [-0.3, -0.25) is 9.59 Å². The summed E-state index contributed by atoms with van der Waals surface area (Å²) in [6, 6.07) is 7.27. The third-order valence-electron chi connectivity index (χ3n) is 2.31. The Bertz CT molecular complexity index is 582. The van der Waals surface area contributed by atoms with Gasteiger partial charge in [-0.1, -0.05) is 18.2 Å². The smallest absolute Gasteiger partial charge is 0.265 e. The Balaban J connectivity index is 2.62. The van der Waals surface area contributed by atoms with Crippen molar-refractivity contribution >= 4 is 29.2 Å². The number of rotatable bonds is 3. The van der Waals surface area contributed by atoms with E-state index in [1.807, 2.05) is 18.2 Å². The molecule has 2 aromatic rings. The normalized spacial score (nSPS) is 11.0.